The number of aliphatic carboxylic acids is 1. The number of benzene rings is 1. The number of nitrogens with one attached hydrogen (secondary N) is 2. The Balaban J connectivity index is 1.70. The summed E-state index contributed by atoms with van der Waals surface area (Å²) in [5.41, 5.74) is 3.77. The fraction of sp³-hybridized carbons (Fsp3) is 0.520. The second-order valence-corrected chi connectivity index (χ2v) is 11.0. The molecule has 0 spiro atoms. The first-order valence-electron chi connectivity index (χ1n) is 12.0. The molecule has 2 unspecified atom stereocenters. The highest BCUT2D eigenvalue weighted by molar-refractivity contribution is 8.18. The number of hydrogen-bond donors (Lipinski definition) is 3. The maximum Gasteiger partial charge on any atom is 0.408 e. The minimum absolute atomic E-state index is 0.114. The Hall–Kier alpha value is -2.92. The van der Waals surface area contributed by atoms with E-state index in [-0.39, 0.29) is 18.2 Å². The number of amidine groups is 1. The predicted molar refractivity (Wildman–Crippen MR) is 137 cm³/mol. The molecular formula is C25H33FN4O5S. The number of rotatable bonds is 7. The molecule has 0 aliphatic carbocycles. The van der Waals surface area contributed by atoms with Gasteiger partial charge < -0.3 is 15.2 Å². The van der Waals surface area contributed by atoms with Gasteiger partial charge in [0.2, 0.25) is 0 Å². The molecule has 2 amide bonds. The second kappa shape index (κ2) is 11.9. The average molecular weight is 521 g/mol. The Labute approximate surface area is 214 Å². The van der Waals surface area contributed by atoms with Gasteiger partial charge in [-0.2, -0.15) is 4.99 Å². The van der Waals surface area contributed by atoms with Crippen molar-refractivity contribution in [1.82, 2.24) is 15.8 Å². The number of carbonyl (C=O) groups excluding carboxylic acids is 2. The van der Waals surface area contributed by atoms with Gasteiger partial charge in [0.1, 0.15) is 17.5 Å². The highest BCUT2D eigenvalue weighted by atomic mass is 32.2. The lowest BCUT2D eigenvalue weighted by atomic mass is 9.91. The summed E-state index contributed by atoms with van der Waals surface area (Å²) in [7, 11) is 0. The molecule has 1 aromatic rings. The predicted octanol–water partition coefficient (Wildman–Crippen LogP) is 3.94. The number of ether oxygens (including phenoxy) is 1. The third-order valence-electron chi connectivity index (χ3n) is 5.54. The number of hydrogen-bond acceptors (Lipinski definition) is 7. The molecule has 0 saturated carbocycles. The minimum Gasteiger partial charge on any atom is -0.480 e. The molecule has 1 saturated heterocycles. The van der Waals surface area contributed by atoms with Crippen molar-refractivity contribution in [3.63, 3.8) is 0 Å². The molecule has 3 rings (SSSR count). The molecule has 9 nitrogen and oxygen atoms in total. The summed E-state index contributed by atoms with van der Waals surface area (Å²) in [4.78, 5) is 40.9. The fourth-order valence-electron chi connectivity index (χ4n) is 3.93. The van der Waals surface area contributed by atoms with Crippen LogP contribution >= 0.6 is 11.8 Å². The zero-order valence-corrected chi connectivity index (χ0v) is 21.8. The first kappa shape index (κ1) is 27.7. The van der Waals surface area contributed by atoms with E-state index in [0.717, 1.165) is 25.9 Å². The molecule has 1 aromatic carbocycles. The monoisotopic (exact) mass is 520 g/mol. The van der Waals surface area contributed by atoms with Gasteiger partial charge >= 0.3 is 12.1 Å². The first-order chi connectivity index (χ1) is 16.9. The molecule has 196 valence electrons. The van der Waals surface area contributed by atoms with E-state index >= 15 is 0 Å². The van der Waals surface area contributed by atoms with Crippen LogP contribution in [0, 0.1) is 11.7 Å². The van der Waals surface area contributed by atoms with E-state index in [1.165, 1.54) is 23.9 Å². The number of aliphatic imine (C=N–C) groups is 1. The molecule has 2 atom stereocenters. The molecule has 0 bridgehead atoms. The van der Waals surface area contributed by atoms with Gasteiger partial charge in [-0.25, -0.2) is 19.4 Å². The smallest absolute Gasteiger partial charge is 0.408 e. The van der Waals surface area contributed by atoms with Crippen LogP contribution in [0.3, 0.4) is 0 Å². The van der Waals surface area contributed by atoms with Crippen LogP contribution in [0.15, 0.2) is 28.1 Å². The van der Waals surface area contributed by atoms with Crippen molar-refractivity contribution in [2.45, 2.75) is 65.0 Å². The van der Waals surface area contributed by atoms with Gasteiger partial charge in [-0.3, -0.25) is 9.80 Å². The zero-order chi connectivity index (χ0) is 26.5. The average Bonchev–Trinajstić information content (AvgIpc) is 3.14. The highest BCUT2D eigenvalue weighted by Crippen LogP contribution is 2.32. The van der Waals surface area contributed by atoms with Crippen molar-refractivity contribution in [3.8, 4) is 0 Å². The van der Waals surface area contributed by atoms with Gasteiger partial charge in [0.15, 0.2) is 5.17 Å². The van der Waals surface area contributed by atoms with Crippen molar-refractivity contribution in [2.24, 2.45) is 10.9 Å². The summed E-state index contributed by atoms with van der Waals surface area (Å²) in [6, 6.07) is 3.15. The van der Waals surface area contributed by atoms with E-state index < -0.39 is 29.5 Å². The van der Waals surface area contributed by atoms with E-state index in [2.05, 4.69) is 15.7 Å². The summed E-state index contributed by atoms with van der Waals surface area (Å²) < 4.78 is 19.3. The molecule has 2 aliphatic rings. The Bertz CT molecular complexity index is 1060. The van der Waals surface area contributed by atoms with Gasteiger partial charge in [-0.1, -0.05) is 13.0 Å². The molecule has 11 heteroatoms. The summed E-state index contributed by atoms with van der Waals surface area (Å²) in [6.07, 6.45) is 3.43. The number of carbonyl (C=O) groups is 3. The number of halogens is 1. The Kier molecular flexibility index (Phi) is 9.13. The molecule has 0 radical (unpaired) electrons. The lowest BCUT2D eigenvalue weighted by molar-refractivity contribution is -0.140. The maximum atomic E-state index is 14.1. The Morgan fingerprint density at radius 2 is 2.11 bits per heavy atom. The van der Waals surface area contributed by atoms with Gasteiger partial charge in [-0.05, 0) is 93.5 Å². The standard InChI is InChI=1S/C25H33FN4O5S/c1-15(12-19(22(32)33)28-24(34)35-25(2,3)4)11-17-13-18(26)8-7-16(17)14-20-21(31)29-23(36-20)30-10-6-5-9-27-30/h7-8,13-15,19,27H,5-6,9-12H2,1-4H3,(H,28,34)(H,32,33)/b20-14-. The Morgan fingerprint density at radius 3 is 2.75 bits per heavy atom. The number of hydrazine groups is 1. The molecule has 2 heterocycles. The van der Waals surface area contributed by atoms with Crippen LogP contribution in [0.1, 0.15) is 58.1 Å². The summed E-state index contributed by atoms with van der Waals surface area (Å²) in [6.45, 7) is 8.49. The number of carboxylic acid groups (broad SMARTS) is 1. The SMILES string of the molecule is CC(Cc1cc(F)ccc1/C=C1\SC(N2CCCCN2)=NC1=O)CC(NC(=O)OC(C)(C)C)C(=O)O. The van der Waals surface area contributed by atoms with Crippen LogP contribution in [0.2, 0.25) is 0 Å². The molecule has 0 aromatic heterocycles. The van der Waals surface area contributed by atoms with Crippen LogP contribution in [-0.2, 0) is 20.7 Å². The summed E-state index contributed by atoms with van der Waals surface area (Å²) in [5.74, 6) is -2.19. The van der Waals surface area contributed by atoms with Crippen LogP contribution in [0.5, 0.6) is 0 Å². The van der Waals surface area contributed by atoms with Crippen molar-refractivity contribution in [3.05, 3.63) is 40.0 Å². The van der Waals surface area contributed by atoms with Crippen LogP contribution in [0.4, 0.5) is 9.18 Å². The summed E-state index contributed by atoms with van der Waals surface area (Å²) >= 11 is 1.27. The molecule has 36 heavy (non-hydrogen) atoms. The number of carboxylic acids is 1. The van der Waals surface area contributed by atoms with E-state index in [4.69, 9.17) is 4.74 Å². The molecular weight excluding hydrogens is 487 g/mol. The van der Waals surface area contributed by atoms with Gasteiger partial charge in [0.05, 0.1) is 4.91 Å². The zero-order valence-electron chi connectivity index (χ0n) is 21.0. The van der Waals surface area contributed by atoms with Gasteiger partial charge in [0, 0.05) is 13.1 Å². The molecule has 3 N–H and O–H groups in total. The van der Waals surface area contributed by atoms with Crippen molar-refractivity contribution < 1.29 is 28.6 Å². The third kappa shape index (κ3) is 8.06. The topological polar surface area (TPSA) is 120 Å². The first-order valence-corrected chi connectivity index (χ1v) is 12.8. The summed E-state index contributed by atoms with van der Waals surface area (Å²) in [5, 5.41) is 14.5. The number of nitrogens with zero attached hydrogens (tertiary/aromatic N) is 2. The third-order valence-corrected chi connectivity index (χ3v) is 6.55. The van der Waals surface area contributed by atoms with Gasteiger partial charge in [-0.15, -0.1) is 0 Å². The number of thioether (sulfide) groups is 1. The number of amides is 2. The lowest BCUT2D eigenvalue weighted by Crippen LogP contribution is -2.45. The van der Waals surface area contributed by atoms with Crippen molar-refractivity contribution in [2.75, 3.05) is 13.1 Å². The van der Waals surface area contributed by atoms with Crippen molar-refractivity contribution in [1.29, 1.82) is 0 Å². The van der Waals surface area contributed by atoms with E-state index in [9.17, 15) is 23.9 Å². The minimum atomic E-state index is -1.18. The van der Waals surface area contributed by atoms with E-state index in [0.29, 0.717) is 27.6 Å². The van der Waals surface area contributed by atoms with E-state index in [1.807, 2.05) is 11.9 Å². The van der Waals surface area contributed by atoms with Crippen molar-refractivity contribution >= 4 is 41.0 Å². The van der Waals surface area contributed by atoms with Crippen LogP contribution < -0.4 is 10.7 Å². The quantitative estimate of drug-likeness (QED) is 0.463. The Morgan fingerprint density at radius 1 is 1.36 bits per heavy atom. The largest absolute Gasteiger partial charge is 0.480 e. The van der Waals surface area contributed by atoms with E-state index in [1.54, 1.807) is 32.9 Å². The molecule has 2 aliphatic heterocycles. The number of alkyl carbamates (subject to hydrolysis) is 1. The highest BCUT2D eigenvalue weighted by Gasteiger charge is 2.28. The van der Waals surface area contributed by atoms with Crippen LogP contribution in [0.25, 0.3) is 6.08 Å². The molecule has 1 fully saturated rings. The maximum absolute atomic E-state index is 14.1. The van der Waals surface area contributed by atoms with Crippen LogP contribution in [-0.4, -0.2) is 58.0 Å². The fourth-order valence-corrected chi connectivity index (χ4v) is 4.84. The normalized spacial score (nSPS) is 19.1. The lowest BCUT2D eigenvalue weighted by Gasteiger charge is -2.28. The van der Waals surface area contributed by atoms with Gasteiger partial charge in [0.25, 0.3) is 5.91 Å². The second-order valence-electron chi connectivity index (χ2n) is 10.0.